The summed E-state index contributed by atoms with van der Waals surface area (Å²) in [5, 5.41) is 2.07. The molecule has 1 aromatic heterocycles. The number of rotatable bonds is 3. The normalized spacial score (nSPS) is 9.40. The number of nitrogens with one attached hydrogen (secondary N) is 1. The van der Waals surface area contributed by atoms with Gasteiger partial charge in [-0.15, -0.1) is 0 Å². The number of carbonyl (C=O) groups excluding carboxylic acids is 3. The highest BCUT2D eigenvalue weighted by molar-refractivity contribution is 6.08. The van der Waals surface area contributed by atoms with Gasteiger partial charge in [-0.05, 0) is 19.1 Å². The summed E-state index contributed by atoms with van der Waals surface area (Å²) in [7, 11) is 0. The molecule has 15 heavy (non-hydrogen) atoms. The minimum atomic E-state index is -0.613. The van der Waals surface area contributed by atoms with Gasteiger partial charge in [0, 0.05) is 6.20 Å². The van der Waals surface area contributed by atoms with Gasteiger partial charge in [0.15, 0.2) is 0 Å². The molecule has 0 fully saturated rings. The van der Waals surface area contributed by atoms with Crippen LogP contribution in [0, 0.1) is 0 Å². The molecule has 0 aliphatic carbocycles. The predicted octanol–water partition coefficient (Wildman–Crippen LogP) is 0.317. The minimum absolute atomic E-state index is 0.148. The Kier molecular flexibility index (Phi) is 3.68. The molecule has 0 bridgehead atoms. The van der Waals surface area contributed by atoms with Crippen LogP contribution in [0.5, 0.6) is 0 Å². The first kappa shape index (κ1) is 11.0. The van der Waals surface area contributed by atoms with E-state index in [9.17, 15) is 14.4 Å². The largest absolute Gasteiger partial charge is 0.299 e. The molecule has 0 atom stereocenters. The highest BCUT2D eigenvalue weighted by atomic mass is 16.2. The van der Waals surface area contributed by atoms with Crippen molar-refractivity contribution in [3.05, 3.63) is 30.1 Å². The van der Waals surface area contributed by atoms with Crippen molar-refractivity contribution in [1.82, 2.24) is 10.3 Å². The van der Waals surface area contributed by atoms with E-state index in [1.165, 1.54) is 19.2 Å². The number of hydrogen-bond donors (Lipinski definition) is 1. The van der Waals surface area contributed by atoms with Crippen molar-refractivity contribution in [3.8, 4) is 0 Å². The Hall–Kier alpha value is -2.04. The van der Waals surface area contributed by atoms with Gasteiger partial charge in [-0.3, -0.25) is 24.7 Å². The number of hydrogen-bond acceptors (Lipinski definition) is 4. The molecule has 0 spiro atoms. The third-order valence-corrected chi connectivity index (χ3v) is 1.56. The van der Waals surface area contributed by atoms with Crippen LogP contribution in [0.25, 0.3) is 0 Å². The molecule has 0 aliphatic heterocycles. The SMILES string of the molecule is CC(=O)CC(=O)NC(=O)c1ccccn1. The second-order valence-electron chi connectivity index (χ2n) is 2.97. The van der Waals surface area contributed by atoms with Crippen LogP contribution in [-0.4, -0.2) is 22.6 Å². The molecule has 0 radical (unpaired) electrons. The zero-order valence-corrected chi connectivity index (χ0v) is 8.19. The van der Waals surface area contributed by atoms with Gasteiger partial charge in [-0.2, -0.15) is 0 Å². The monoisotopic (exact) mass is 206 g/mol. The molecular weight excluding hydrogens is 196 g/mol. The summed E-state index contributed by atoms with van der Waals surface area (Å²) < 4.78 is 0. The summed E-state index contributed by atoms with van der Waals surface area (Å²) in [6.45, 7) is 1.28. The number of ketones is 1. The Bertz CT molecular complexity index is 387. The maximum absolute atomic E-state index is 11.3. The van der Waals surface area contributed by atoms with E-state index in [-0.39, 0.29) is 17.9 Å². The lowest BCUT2D eigenvalue weighted by molar-refractivity contribution is -0.126. The number of aromatic nitrogens is 1. The van der Waals surface area contributed by atoms with Crippen LogP contribution < -0.4 is 5.32 Å². The molecule has 5 nitrogen and oxygen atoms in total. The van der Waals surface area contributed by atoms with Gasteiger partial charge in [0.2, 0.25) is 5.91 Å². The maximum atomic E-state index is 11.3. The van der Waals surface area contributed by atoms with Crippen LogP contribution in [0.3, 0.4) is 0 Å². The first-order valence-electron chi connectivity index (χ1n) is 4.34. The van der Waals surface area contributed by atoms with E-state index in [4.69, 9.17) is 0 Å². The fraction of sp³-hybridized carbons (Fsp3) is 0.200. The summed E-state index contributed by atoms with van der Waals surface area (Å²) in [5.41, 5.74) is 0.148. The van der Waals surface area contributed by atoms with Crippen molar-refractivity contribution in [1.29, 1.82) is 0 Å². The topological polar surface area (TPSA) is 76.1 Å². The first-order valence-corrected chi connectivity index (χ1v) is 4.34. The molecule has 1 heterocycles. The van der Waals surface area contributed by atoms with E-state index in [1.54, 1.807) is 12.1 Å². The number of imide groups is 1. The zero-order valence-electron chi connectivity index (χ0n) is 8.19. The molecule has 1 N–H and O–H groups in total. The van der Waals surface area contributed by atoms with Crippen LogP contribution in [-0.2, 0) is 9.59 Å². The van der Waals surface area contributed by atoms with Gasteiger partial charge in [0.05, 0.1) is 6.42 Å². The predicted molar refractivity (Wildman–Crippen MR) is 52.0 cm³/mol. The second-order valence-corrected chi connectivity index (χ2v) is 2.97. The Labute approximate surface area is 86.5 Å². The molecule has 5 heteroatoms. The third-order valence-electron chi connectivity index (χ3n) is 1.56. The van der Waals surface area contributed by atoms with Gasteiger partial charge < -0.3 is 0 Å². The van der Waals surface area contributed by atoms with E-state index in [1.807, 2.05) is 0 Å². The number of Topliss-reactive ketones (excluding diaryl/α,β-unsaturated/α-hetero) is 1. The Morgan fingerprint density at radius 1 is 1.33 bits per heavy atom. The van der Waals surface area contributed by atoms with E-state index >= 15 is 0 Å². The summed E-state index contributed by atoms with van der Waals surface area (Å²) in [6, 6.07) is 4.78. The summed E-state index contributed by atoms with van der Waals surface area (Å²) in [6.07, 6.45) is 1.16. The van der Waals surface area contributed by atoms with Crippen LogP contribution in [0.15, 0.2) is 24.4 Å². The van der Waals surface area contributed by atoms with Gasteiger partial charge in [-0.25, -0.2) is 0 Å². The van der Waals surface area contributed by atoms with Crippen molar-refractivity contribution >= 4 is 17.6 Å². The molecule has 0 saturated carbocycles. The van der Waals surface area contributed by atoms with Gasteiger partial charge >= 0.3 is 0 Å². The first-order chi connectivity index (χ1) is 7.09. The highest BCUT2D eigenvalue weighted by Gasteiger charge is 2.11. The fourth-order valence-corrected chi connectivity index (χ4v) is 0.958. The van der Waals surface area contributed by atoms with E-state index in [2.05, 4.69) is 10.3 Å². The van der Waals surface area contributed by atoms with Gasteiger partial charge in [0.1, 0.15) is 11.5 Å². The van der Waals surface area contributed by atoms with Crippen molar-refractivity contribution in [3.63, 3.8) is 0 Å². The van der Waals surface area contributed by atoms with Crippen LogP contribution >= 0.6 is 0 Å². The van der Waals surface area contributed by atoms with E-state index in [0.29, 0.717) is 0 Å². The van der Waals surface area contributed by atoms with Crippen molar-refractivity contribution in [2.75, 3.05) is 0 Å². The number of amides is 2. The average molecular weight is 206 g/mol. The zero-order chi connectivity index (χ0) is 11.3. The summed E-state index contributed by atoms with van der Waals surface area (Å²) in [5.74, 6) is -1.50. The molecule has 0 aliphatic rings. The summed E-state index contributed by atoms with van der Waals surface area (Å²) >= 11 is 0. The lowest BCUT2D eigenvalue weighted by atomic mass is 10.3. The standard InChI is InChI=1S/C10H10N2O3/c1-7(13)6-9(14)12-10(15)8-4-2-3-5-11-8/h2-5H,6H2,1H3,(H,12,14,15). The molecule has 0 saturated heterocycles. The molecule has 1 rings (SSSR count). The number of carbonyl (C=O) groups is 3. The fourth-order valence-electron chi connectivity index (χ4n) is 0.958. The molecule has 0 unspecified atom stereocenters. The molecule has 2 amide bonds. The van der Waals surface area contributed by atoms with Gasteiger partial charge in [-0.1, -0.05) is 6.07 Å². The number of nitrogens with zero attached hydrogens (tertiary/aromatic N) is 1. The molecule has 0 aromatic carbocycles. The van der Waals surface area contributed by atoms with Crippen molar-refractivity contribution < 1.29 is 14.4 Å². The quantitative estimate of drug-likeness (QED) is 0.722. The van der Waals surface area contributed by atoms with Crippen molar-refractivity contribution in [2.45, 2.75) is 13.3 Å². The lowest BCUT2D eigenvalue weighted by Crippen LogP contribution is -2.32. The average Bonchev–Trinajstić information content (AvgIpc) is 2.17. The second kappa shape index (κ2) is 4.99. The Balaban J connectivity index is 2.57. The van der Waals surface area contributed by atoms with Crippen molar-refractivity contribution in [2.24, 2.45) is 0 Å². The molecular formula is C10H10N2O3. The van der Waals surface area contributed by atoms with E-state index in [0.717, 1.165) is 0 Å². The smallest absolute Gasteiger partial charge is 0.276 e. The lowest BCUT2D eigenvalue weighted by Gasteiger charge is -2.00. The van der Waals surface area contributed by atoms with Gasteiger partial charge in [0.25, 0.3) is 5.91 Å². The van der Waals surface area contributed by atoms with Crippen LogP contribution in [0.2, 0.25) is 0 Å². The Morgan fingerprint density at radius 2 is 2.07 bits per heavy atom. The van der Waals surface area contributed by atoms with Crippen LogP contribution in [0.1, 0.15) is 23.8 Å². The maximum Gasteiger partial charge on any atom is 0.276 e. The third kappa shape index (κ3) is 3.68. The number of pyridine rings is 1. The van der Waals surface area contributed by atoms with Crippen LogP contribution in [0.4, 0.5) is 0 Å². The summed E-state index contributed by atoms with van der Waals surface area (Å²) in [4.78, 5) is 36.7. The molecule has 78 valence electrons. The molecule has 1 aromatic rings. The minimum Gasteiger partial charge on any atom is -0.299 e. The Morgan fingerprint density at radius 3 is 2.60 bits per heavy atom. The highest BCUT2D eigenvalue weighted by Crippen LogP contribution is 1.93. The van der Waals surface area contributed by atoms with E-state index < -0.39 is 11.8 Å².